The van der Waals surface area contributed by atoms with Gasteiger partial charge in [0.2, 0.25) is 0 Å². The van der Waals surface area contributed by atoms with Crippen LogP contribution in [0.1, 0.15) is 32.6 Å². The highest BCUT2D eigenvalue weighted by Gasteiger charge is 2.20. The fraction of sp³-hybridized carbons (Fsp3) is 1.00. The molecule has 1 unspecified atom stereocenters. The summed E-state index contributed by atoms with van der Waals surface area (Å²) in [6, 6.07) is 0.607. The molecule has 1 saturated heterocycles. The third-order valence-electron chi connectivity index (χ3n) is 4.10. The third-order valence-corrected chi connectivity index (χ3v) is 5.13. The summed E-state index contributed by atoms with van der Waals surface area (Å²) in [6.45, 7) is 8.24. The highest BCUT2D eigenvalue weighted by Crippen LogP contribution is 2.12. The van der Waals surface area contributed by atoms with Crippen LogP contribution >= 0.6 is 0 Å². The van der Waals surface area contributed by atoms with Crippen LogP contribution in [0.2, 0.25) is 0 Å². The Kier molecular flexibility index (Phi) is 8.02. The average molecular weight is 305 g/mol. The average Bonchev–Trinajstić information content (AvgIpc) is 2.60. The molecule has 1 aliphatic rings. The van der Waals surface area contributed by atoms with E-state index in [1.54, 1.807) is 0 Å². The van der Waals surface area contributed by atoms with Gasteiger partial charge in [-0.3, -0.25) is 4.90 Å². The molecule has 0 radical (unpaired) electrons. The molecule has 1 fully saturated rings. The Balaban J connectivity index is 2.35. The highest BCUT2D eigenvalue weighted by atomic mass is 32.2. The molecule has 0 amide bonds. The summed E-state index contributed by atoms with van der Waals surface area (Å²) in [7, 11) is -2.82. The lowest BCUT2D eigenvalue weighted by Gasteiger charge is -2.29. The van der Waals surface area contributed by atoms with E-state index < -0.39 is 9.84 Å². The molecule has 20 heavy (non-hydrogen) atoms. The lowest BCUT2D eigenvalue weighted by Crippen LogP contribution is -2.39. The van der Waals surface area contributed by atoms with Gasteiger partial charge in [-0.05, 0) is 51.9 Å². The lowest BCUT2D eigenvalue weighted by molar-refractivity contribution is 0.185. The molecule has 2 N–H and O–H groups in total. The van der Waals surface area contributed by atoms with Crippen molar-refractivity contribution in [3.8, 4) is 0 Å². The van der Waals surface area contributed by atoms with Crippen LogP contribution in [0.15, 0.2) is 0 Å². The fourth-order valence-electron chi connectivity index (χ4n) is 2.97. The summed E-state index contributed by atoms with van der Waals surface area (Å²) in [5.41, 5.74) is 5.69. The molecular weight excluding hydrogens is 274 g/mol. The Morgan fingerprint density at radius 1 is 1.20 bits per heavy atom. The maximum Gasteiger partial charge on any atom is 0.147 e. The van der Waals surface area contributed by atoms with E-state index in [0.717, 1.165) is 58.5 Å². The summed E-state index contributed by atoms with van der Waals surface area (Å²) in [5.74, 6) is 0.304. The normalized spacial score (nSPS) is 20.8. The second kappa shape index (κ2) is 8.97. The van der Waals surface area contributed by atoms with Gasteiger partial charge in [0.15, 0.2) is 0 Å². The van der Waals surface area contributed by atoms with E-state index in [4.69, 9.17) is 5.73 Å². The molecule has 0 aromatic carbocycles. The van der Waals surface area contributed by atoms with Crippen molar-refractivity contribution in [3.63, 3.8) is 0 Å². The van der Waals surface area contributed by atoms with Crippen LogP contribution in [0, 0.1) is 0 Å². The molecule has 120 valence electrons. The lowest BCUT2D eigenvalue weighted by atomic mass is 10.1. The predicted octanol–water partition coefficient (Wildman–Crippen LogP) is 0.556. The Labute approximate surface area is 124 Å². The molecule has 1 aliphatic heterocycles. The largest absolute Gasteiger partial charge is 0.330 e. The highest BCUT2D eigenvalue weighted by molar-refractivity contribution is 7.90. The Bertz CT molecular complexity index is 359. The summed E-state index contributed by atoms with van der Waals surface area (Å²) in [4.78, 5) is 4.96. The molecule has 1 atom stereocenters. The van der Waals surface area contributed by atoms with E-state index in [2.05, 4.69) is 16.7 Å². The van der Waals surface area contributed by atoms with Crippen molar-refractivity contribution in [2.75, 3.05) is 51.3 Å². The van der Waals surface area contributed by atoms with Crippen molar-refractivity contribution in [1.29, 1.82) is 0 Å². The minimum Gasteiger partial charge on any atom is -0.330 e. The molecule has 0 spiro atoms. The molecule has 0 aromatic rings. The van der Waals surface area contributed by atoms with Gasteiger partial charge in [-0.2, -0.15) is 0 Å². The van der Waals surface area contributed by atoms with Gasteiger partial charge in [0.25, 0.3) is 0 Å². The minimum absolute atomic E-state index is 0.304. The predicted molar refractivity (Wildman–Crippen MR) is 84.7 cm³/mol. The molecular formula is C14H31N3O2S. The monoisotopic (exact) mass is 305 g/mol. The first kappa shape index (κ1) is 17.9. The molecule has 5 nitrogen and oxygen atoms in total. The van der Waals surface area contributed by atoms with Crippen LogP contribution in [0.5, 0.6) is 0 Å². The Morgan fingerprint density at radius 2 is 1.95 bits per heavy atom. The third kappa shape index (κ3) is 7.02. The standard InChI is InChI=1S/C14H31N3O2S/c1-3-14(6-7-15)17-10-4-8-16(11-12-17)9-5-13-20(2,18)19/h14H,3-13,15H2,1-2H3. The molecule has 0 bridgehead atoms. The number of rotatable bonds is 8. The smallest absolute Gasteiger partial charge is 0.147 e. The van der Waals surface area contributed by atoms with Crippen LogP contribution in [0.4, 0.5) is 0 Å². The molecule has 0 aromatic heterocycles. The first-order valence-electron chi connectivity index (χ1n) is 7.80. The Morgan fingerprint density at radius 3 is 2.55 bits per heavy atom. The van der Waals surface area contributed by atoms with Crippen LogP contribution in [-0.4, -0.2) is 75.5 Å². The summed E-state index contributed by atoms with van der Waals surface area (Å²) in [6.07, 6.45) is 5.46. The van der Waals surface area contributed by atoms with E-state index >= 15 is 0 Å². The summed E-state index contributed by atoms with van der Waals surface area (Å²) in [5, 5.41) is 0. The van der Waals surface area contributed by atoms with Crippen molar-refractivity contribution >= 4 is 9.84 Å². The second-order valence-corrected chi connectivity index (χ2v) is 8.11. The molecule has 0 saturated carbocycles. The minimum atomic E-state index is -2.82. The van der Waals surface area contributed by atoms with Gasteiger partial charge in [-0.1, -0.05) is 6.92 Å². The number of nitrogens with zero attached hydrogens (tertiary/aromatic N) is 2. The molecule has 1 rings (SSSR count). The van der Waals surface area contributed by atoms with Crippen LogP contribution in [0.3, 0.4) is 0 Å². The summed E-state index contributed by atoms with van der Waals surface area (Å²) < 4.78 is 22.3. The van der Waals surface area contributed by atoms with Crippen molar-refractivity contribution in [3.05, 3.63) is 0 Å². The van der Waals surface area contributed by atoms with Crippen LogP contribution in [-0.2, 0) is 9.84 Å². The summed E-state index contributed by atoms with van der Waals surface area (Å²) >= 11 is 0. The Hall–Kier alpha value is -0.170. The molecule has 6 heteroatoms. The van der Waals surface area contributed by atoms with Gasteiger partial charge >= 0.3 is 0 Å². The van der Waals surface area contributed by atoms with Gasteiger partial charge in [-0.15, -0.1) is 0 Å². The van der Waals surface area contributed by atoms with Gasteiger partial charge < -0.3 is 10.6 Å². The first-order chi connectivity index (χ1) is 9.46. The molecule has 1 heterocycles. The van der Waals surface area contributed by atoms with Gasteiger partial charge in [0.1, 0.15) is 9.84 Å². The second-order valence-electron chi connectivity index (χ2n) is 5.85. The maximum absolute atomic E-state index is 11.2. The van der Waals surface area contributed by atoms with Crippen molar-refractivity contribution < 1.29 is 8.42 Å². The van der Waals surface area contributed by atoms with Gasteiger partial charge in [-0.25, -0.2) is 8.42 Å². The SMILES string of the molecule is CCC(CCN)N1CCCN(CCCS(C)(=O)=O)CC1. The van der Waals surface area contributed by atoms with Gasteiger partial charge in [0.05, 0.1) is 5.75 Å². The zero-order valence-corrected chi connectivity index (χ0v) is 13.9. The van der Waals surface area contributed by atoms with E-state index in [1.165, 1.54) is 12.7 Å². The van der Waals surface area contributed by atoms with Crippen LogP contribution in [0.25, 0.3) is 0 Å². The van der Waals surface area contributed by atoms with E-state index in [9.17, 15) is 8.42 Å². The van der Waals surface area contributed by atoms with Crippen molar-refractivity contribution in [2.24, 2.45) is 5.73 Å². The van der Waals surface area contributed by atoms with E-state index in [-0.39, 0.29) is 0 Å². The van der Waals surface area contributed by atoms with Crippen molar-refractivity contribution in [2.45, 2.75) is 38.6 Å². The first-order valence-corrected chi connectivity index (χ1v) is 9.86. The number of hydrogen-bond donors (Lipinski definition) is 1. The molecule has 0 aliphatic carbocycles. The topological polar surface area (TPSA) is 66.6 Å². The fourth-order valence-corrected chi connectivity index (χ4v) is 3.62. The maximum atomic E-state index is 11.2. The van der Waals surface area contributed by atoms with Crippen LogP contribution < -0.4 is 5.73 Å². The number of hydrogen-bond acceptors (Lipinski definition) is 5. The zero-order chi connectivity index (χ0) is 15.0. The van der Waals surface area contributed by atoms with E-state index in [1.807, 2.05) is 0 Å². The van der Waals surface area contributed by atoms with Crippen molar-refractivity contribution in [1.82, 2.24) is 9.80 Å². The quantitative estimate of drug-likeness (QED) is 0.709. The number of nitrogens with two attached hydrogens (primary N) is 1. The van der Waals surface area contributed by atoms with Gasteiger partial charge in [0, 0.05) is 25.4 Å². The van der Waals surface area contributed by atoms with E-state index in [0.29, 0.717) is 11.8 Å². The zero-order valence-electron chi connectivity index (χ0n) is 13.1. The number of sulfone groups is 1.